The van der Waals surface area contributed by atoms with Crippen LogP contribution in [-0.4, -0.2) is 177 Å². The van der Waals surface area contributed by atoms with Gasteiger partial charge in [0.1, 0.15) is 54.9 Å². The molecule has 3 fully saturated rings. The third-order valence-electron chi connectivity index (χ3n) is 8.63. The summed E-state index contributed by atoms with van der Waals surface area (Å²) in [7, 11) is 15.8. The molecule has 0 aliphatic carbocycles. The molecule has 0 aromatic rings. The van der Waals surface area contributed by atoms with Crippen molar-refractivity contribution in [3.63, 3.8) is 0 Å². The van der Waals surface area contributed by atoms with Crippen LogP contribution < -0.4 is 0 Å². The van der Waals surface area contributed by atoms with Gasteiger partial charge in [-0.15, -0.1) is 0 Å². The Labute approximate surface area is 261 Å². The van der Waals surface area contributed by atoms with E-state index in [1.807, 2.05) is 6.92 Å². The second-order valence-corrected chi connectivity index (χ2v) is 11.0. The smallest absolute Gasteiger partial charge is 0.187 e. The summed E-state index contributed by atoms with van der Waals surface area (Å²) >= 11 is 0. The highest BCUT2D eigenvalue weighted by molar-refractivity contribution is 4.98. The van der Waals surface area contributed by atoms with E-state index < -0.39 is 73.8 Å². The van der Waals surface area contributed by atoms with Crippen molar-refractivity contribution < 1.29 is 71.1 Å². The largest absolute Gasteiger partial charge is 0.382 e. The van der Waals surface area contributed by atoms with Crippen molar-refractivity contribution in [3.05, 3.63) is 0 Å². The first-order valence-electron chi connectivity index (χ1n) is 14.8. The van der Waals surface area contributed by atoms with Gasteiger partial charge in [-0.2, -0.15) is 0 Å². The molecule has 15 nitrogen and oxygen atoms in total. The van der Waals surface area contributed by atoms with E-state index in [1.54, 1.807) is 64.0 Å². The van der Waals surface area contributed by atoms with Gasteiger partial charge in [-0.05, 0) is 0 Å². The lowest BCUT2D eigenvalue weighted by Crippen LogP contribution is -2.67. The molecule has 3 aliphatic rings. The lowest BCUT2D eigenvalue weighted by atomic mass is 9.90. The van der Waals surface area contributed by atoms with Gasteiger partial charge in [0.15, 0.2) is 18.9 Å². The molecule has 3 heterocycles. The monoisotopic (exact) mass is 642 g/mol. The Morgan fingerprint density at radius 3 is 1.09 bits per heavy atom. The van der Waals surface area contributed by atoms with Crippen molar-refractivity contribution in [2.75, 3.05) is 90.9 Å². The lowest BCUT2D eigenvalue weighted by Gasteiger charge is -2.51. The van der Waals surface area contributed by atoms with E-state index in [0.717, 1.165) is 0 Å². The minimum atomic E-state index is -0.953. The molecule has 3 saturated heterocycles. The van der Waals surface area contributed by atoms with Crippen molar-refractivity contribution >= 4 is 0 Å². The first-order valence-corrected chi connectivity index (χ1v) is 14.8. The van der Waals surface area contributed by atoms with Crippen molar-refractivity contribution in [2.45, 2.75) is 92.9 Å². The summed E-state index contributed by atoms with van der Waals surface area (Å²) in [6.07, 6.45) is -8.96. The molecule has 260 valence electrons. The molecule has 15 heteroatoms. The Balaban J connectivity index is 1.91. The average molecular weight is 643 g/mol. The maximum atomic E-state index is 6.64. The van der Waals surface area contributed by atoms with Crippen LogP contribution in [0, 0.1) is 5.92 Å². The predicted octanol–water partition coefficient (Wildman–Crippen LogP) is 0.243. The van der Waals surface area contributed by atoms with Gasteiger partial charge >= 0.3 is 0 Å². The maximum Gasteiger partial charge on any atom is 0.187 e. The van der Waals surface area contributed by atoms with Gasteiger partial charge in [0.2, 0.25) is 0 Å². The maximum absolute atomic E-state index is 6.64. The Morgan fingerprint density at radius 1 is 0.364 bits per heavy atom. The third kappa shape index (κ3) is 8.27. The van der Waals surface area contributed by atoms with Gasteiger partial charge < -0.3 is 71.1 Å². The lowest BCUT2D eigenvalue weighted by molar-refractivity contribution is -0.383. The van der Waals surface area contributed by atoms with Crippen LogP contribution in [0.25, 0.3) is 0 Å². The third-order valence-corrected chi connectivity index (χ3v) is 8.63. The fourth-order valence-electron chi connectivity index (χ4n) is 6.42. The van der Waals surface area contributed by atoms with Crippen molar-refractivity contribution in [3.8, 4) is 0 Å². The van der Waals surface area contributed by atoms with Crippen LogP contribution in [0.5, 0.6) is 0 Å². The number of ether oxygens (including phenoxy) is 15. The molecule has 3 rings (SSSR count). The van der Waals surface area contributed by atoms with E-state index in [9.17, 15) is 0 Å². The van der Waals surface area contributed by atoms with Crippen molar-refractivity contribution in [1.82, 2.24) is 0 Å². The normalized spacial score (nSPS) is 43.3. The summed E-state index contributed by atoms with van der Waals surface area (Å²) < 4.78 is 89.5. The van der Waals surface area contributed by atoms with E-state index in [0.29, 0.717) is 6.61 Å². The molecule has 0 saturated carbocycles. The zero-order valence-electron chi connectivity index (χ0n) is 27.9. The highest BCUT2D eigenvalue weighted by Gasteiger charge is 2.55. The average Bonchev–Trinajstić information content (AvgIpc) is 3.03. The standard InChI is InChI=1S/C29H54O15/c1-15-16(12-30-2)40-28(24(36-8)19(15)33-5)43-21-18(14-32-4)42-29(26(38-10)23(21)35-7)44-20-17(13-31-3)41-27(39-11)25(37-9)22(20)34-6/h15-29H,12-14H2,1-11H3/t15-,16?,17?,18?,19+,20-,21-,22?,23?,24?,25?,26?,27-,28+,29-/m1/s1. The second-order valence-electron chi connectivity index (χ2n) is 11.0. The molecule has 0 aromatic heterocycles. The summed E-state index contributed by atoms with van der Waals surface area (Å²) in [5.41, 5.74) is 0. The highest BCUT2D eigenvalue weighted by atomic mass is 16.8. The van der Waals surface area contributed by atoms with Crippen LogP contribution in [-0.2, 0) is 71.1 Å². The molecule has 0 aromatic carbocycles. The molecule has 8 unspecified atom stereocenters. The van der Waals surface area contributed by atoms with Crippen molar-refractivity contribution in [2.24, 2.45) is 5.92 Å². The topological polar surface area (TPSA) is 138 Å². The van der Waals surface area contributed by atoms with Gasteiger partial charge in [-0.1, -0.05) is 6.92 Å². The molecule has 15 atom stereocenters. The summed E-state index contributed by atoms with van der Waals surface area (Å²) in [6, 6.07) is 0. The Hall–Kier alpha value is -0.600. The summed E-state index contributed by atoms with van der Waals surface area (Å²) in [5, 5.41) is 0. The molecule has 44 heavy (non-hydrogen) atoms. The number of methoxy groups -OCH3 is 10. The molecule has 0 amide bonds. The van der Waals surface area contributed by atoms with Crippen LogP contribution in [0.1, 0.15) is 6.92 Å². The summed E-state index contributed by atoms with van der Waals surface area (Å²) in [6.45, 7) is 2.73. The predicted molar refractivity (Wildman–Crippen MR) is 152 cm³/mol. The Kier molecular flexibility index (Phi) is 16.1. The Bertz CT molecular complexity index is 794. The fraction of sp³-hybridized carbons (Fsp3) is 1.00. The first kappa shape index (κ1) is 37.9. The zero-order chi connectivity index (χ0) is 32.4. The molecule has 3 aliphatic heterocycles. The van der Waals surface area contributed by atoms with Gasteiger partial charge in [-0.3, -0.25) is 0 Å². The van der Waals surface area contributed by atoms with E-state index in [-0.39, 0.29) is 31.3 Å². The van der Waals surface area contributed by atoms with Gasteiger partial charge in [-0.25, -0.2) is 0 Å². The van der Waals surface area contributed by atoms with Crippen LogP contribution >= 0.6 is 0 Å². The van der Waals surface area contributed by atoms with Gasteiger partial charge in [0.25, 0.3) is 0 Å². The minimum absolute atomic E-state index is 0.0232. The van der Waals surface area contributed by atoms with E-state index in [1.165, 1.54) is 7.11 Å². The number of hydrogen-bond donors (Lipinski definition) is 0. The fourth-order valence-corrected chi connectivity index (χ4v) is 6.42. The molecule has 0 bridgehead atoms. The molecule has 0 radical (unpaired) electrons. The van der Waals surface area contributed by atoms with E-state index >= 15 is 0 Å². The van der Waals surface area contributed by atoms with Crippen LogP contribution in [0.3, 0.4) is 0 Å². The zero-order valence-corrected chi connectivity index (χ0v) is 27.9. The molecule has 0 N–H and O–H groups in total. The van der Waals surface area contributed by atoms with Crippen LogP contribution in [0.15, 0.2) is 0 Å². The second kappa shape index (κ2) is 18.7. The van der Waals surface area contributed by atoms with Crippen LogP contribution in [0.2, 0.25) is 0 Å². The molecular weight excluding hydrogens is 588 g/mol. The number of hydrogen-bond acceptors (Lipinski definition) is 15. The van der Waals surface area contributed by atoms with Crippen molar-refractivity contribution in [1.29, 1.82) is 0 Å². The SMILES string of the molecule is COCC1O[C@@H](OC)C(OC)C(OC)[C@@H]1O[C@H]1OC(COC)[C@@H](O[C@@H]2OC(COC)[C@@H](C)[C@H](OC)C2OC)C(OC)C1OC. The van der Waals surface area contributed by atoms with Gasteiger partial charge in [0.05, 0.1) is 32.0 Å². The summed E-state index contributed by atoms with van der Waals surface area (Å²) in [5.74, 6) is -0.0232. The van der Waals surface area contributed by atoms with E-state index in [4.69, 9.17) is 71.1 Å². The Morgan fingerprint density at radius 2 is 0.705 bits per heavy atom. The highest BCUT2D eigenvalue weighted by Crippen LogP contribution is 2.37. The molecular formula is C29H54O15. The van der Waals surface area contributed by atoms with E-state index in [2.05, 4.69) is 0 Å². The first-order chi connectivity index (χ1) is 21.3. The number of rotatable bonds is 17. The molecule has 0 spiro atoms. The summed E-state index contributed by atoms with van der Waals surface area (Å²) in [4.78, 5) is 0. The van der Waals surface area contributed by atoms with Crippen LogP contribution in [0.4, 0.5) is 0 Å². The minimum Gasteiger partial charge on any atom is -0.382 e. The quantitative estimate of drug-likeness (QED) is 0.214. The van der Waals surface area contributed by atoms with Gasteiger partial charge in [0, 0.05) is 77.0 Å².